The number of anilines is 1. The van der Waals surface area contributed by atoms with Crippen molar-refractivity contribution in [2.24, 2.45) is 0 Å². The molecule has 0 spiro atoms. The van der Waals surface area contributed by atoms with Crippen LogP contribution in [0.4, 0.5) is 5.69 Å². The Morgan fingerprint density at radius 1 is 1.39 bits per heavy atom. The minimum absolute atomic E-state index is 0.108. The lowest BCUT2D eigenvalue weighted by Crippen LogP contribution is -2.16. The average Bonchev–Trinajstić information content (AvgIpc) is 2.47. The molecule has 6 nitrogen and oxygen atoms in total. The molecule has 2 rings (SSSR count). The molecule has 23 heavy (non-hydrogen) atoms. The van der Waals surface area contributed by atoms with E-state index in [0.29, 0.717) is 27.3 Å². The molecule has 0 aliphatic rings. The number of aryl methyl sites for hydroxylation is 2. The Bertz CT molecular complexity index is 792. The average molecular weight is 354 g/mol. The number of carbonyl (C=O) groups excluding carboxylic acids is 1. The highest BCUT2D eigenvalue weighted by Gasteiger charge is 2.11. The zero-order valence-corrected chi connectivity index (χ0v) is 14.5. The molecule has 0 saturated heterocycles. The van der Waals surface area contributed by atoms with E-state index in [-0.39, 0.29) is 17.2 Å². The van der Waals surface area contributed by atoms with Gasteiger partial charge in [0.05, 0.1) is 18.6 Å². The van der Waals surface area contributed by atoms with Gasteiger partial charge in [-0.1, -0.05) is 23.4 Å². The lowest BCUT2D eigenvalue weighted by molar-refractivity contribution is -0.113. The second-order valence-electron chi connectivity index (χ2n) is 4.83. The van der Waals surface area contributed by atoms with Crippen molar-refractivity contribution in [1.29, 1.82) is 0 Å². The molecule has 1 heterocycles. The first kappa shape index (κ1) is 17.4. The minimum atomic E-state index is -0.240. The number of methoxy groups -OCH3 is 1. The number of H-pyrrole nitrogens is 1. The Balaban J connectivity index is 2.05. The molecular weight excluding hydrogens is 338 g/mol. The van der Waals surface area contributed by atoms with Crippen LogP contribution in [0.25, 0.3) is 0 Å². The fourth-order valence-electron chi connectivity index (χ4n) is 1.87. The number of carbonyl (C=O) groups is 1. The zero-order chi connectivity index (χ0) is 17.0. The Morgan fingerprint density at radius 2 is 2.13 bits per heavy atom. The molecule has 2 N–H and O–H groups in total. The third-order valence-corrected chi connectivity index (χ3v) is 4.22. The quantitative estimate of drug-likeness (QED) is 0.637. The maximum Gasteiger partial charge on any atom is 0.251 e. The second-order valence-corrected chi connectivity index (χ2v) is 6.20. The first-order chi connectivity index (χ1) is 10.9. The van der Waals surface area contributed by atoms with Crippen molar-refractivity contribution in [1.82, 2.24) is 9.97 Å². The lowest BCUT2D eigenvalue weighted by atomic mass is 10.2. The molecule has 0 saturated carbocycles. The predicted octanol–water partition coefficient (Wildman–Crippen LogP) is 2.78. The number of hydrogen-bond donors (Lipinski definition) is 2. The van der Waals surface area contributed by atoms with Crippen LogP contribution in [-0.4, -0.2) is 28.7 Å². The summed E-state index contributed by atoms with van der Waals surface area (Å²) in [6.45, 7) is 3.56. The van der Waals surface area contributed by atoms with Crippen molar-refractivity contribution in [3.8, 4) is 5.75 Å². The summed E-state index contributed by atoms with van der Waals surface area (Å²) in [5.74, 6) is 0.359. The standard InChI is InChI=1S/C15H16ClN3O3S/c1-8-4-11(12(22-3)6-10(8)16)18-14(21)7-23-15-17-9(2)5-13(20)19-15/h4-6H,7H2,1-3H3,(H,18,21)(H,17,19,20). The van der Waals surface area contributed by atoms with E-state index in [1.807, 2.05) is 6.92 Å². The number of amides is 1. The van der Waals surface area contributed by atoms with Crippen molar-refractivity contribution < 1.29 is 9.53 Å². The number of halogens is 1. The monoisotopic (exact) mass is 353 g/mol. The number of benzene rings is 1. The van der Waals surface area contributed by atoms with Gasteiger partial charge in [-0.15, -0.1) is 0 Å². The van der Waals surface area contributed by atoms with Crippen LogP contribution in [0.5, 0.6) is 5.75 Å². The number of ether oxygens (including phenoxy) is 1. The molecule has 1 aromatic heterocycles. The number of nitrogens with zero attached hydrogens (tertiary/aromatic N) is 1. The number of hydrogen-bond acceptors (Lipinski definition) is 5. The number of nitrogens with one attached hydrogen (secondary N) is 2. The summed E-state index contributed by atoms with van der Waals surface area (Å²) < 4.78 is 5.21. The smallest absolute Gasteiger partial charge is 0.251 e. The largest absolute Gasteiger partial charge is 0.495 e. The molecule has 0 fully saturated rings. The van der Waals surface area contributed by atoms with E-state index in [1.54, 1.807) is 19.1 Å². The predicted molar refractivity (Wildman–Crippen MR) is 91.7 cm³/mol. The topological polar surface area (TPSA) is 84.1 Å². The van der Waals surface area contributed by atoms with Gasteiger partial charge < -0.3 is 15.0 Å². The third-order valence-electron chi connectivity index (χ3n) is 2.94. The van der Waals surface area contributed by atoms with Gasteiger partial charge in [0.2, 0.25) is 5.91 Å². The zero-order valence-electron chi connectivity index (χ0n) is 12.9. The number of aromatic amines is 1. The van der Waals surface area contributed by atoms with Crippen molar-refractivity contribution in [3.05, 3.63) is 44.8 Å². The van der Waals surface area contributed by atoms with E-state index in [4.69, 9.17) is 16.3 Å². The molecule has 1 aromatic carbocycles. The van der Waals surface area contributed by atoms with Gasteiger partial charge in [-0.05, 0) is 25.5 Å². The first-order valence-electron chi connectivity index (χ1n) is 6.74. The van der Waals surface area contributed by atoms with E-state index in [1.165, 1.54) is 13.2 Å². The molecule has 122 valence electrons. The van der Waals surface area contributed by atoms with Crippen LogP contribution in [-0.2, 0) is 4.79 Å². The molecule has 0 bridgehead atoms. The molecule has 0 radical (unpaired) electrons. The minimum Gasteiger partial charge on any atom is -0.495 e. The van der Waals surface area contributed by atoms with E-state index < -0.39 is 0 Å². The normalized spacial score (nSPS) is 10.4. The number of aromatic nitrogens is 2. The van der Waals surface area contributed by atoms with Gasteiger partial charge in [0, 0.05) is 22.8 Å². The summed E-state index contributed by atoms with van der Waals surface area (Å²) >= 11 is 7.18. The summed E-state index contributed by atoms with van der Waals surface area (Å²) in [5, 5.41) is 3.74. The summed E-state index contributed by atoms with van der Waals surface area (Å²) in [6, 6.07) is 4.79. The van der Waals surface area contributed by atoms with E-state index >= 15 is 0 Å². The molecule has 2 aromatic rings. The fraction of sp³-hybridized carbons (Fsp3) is 0.267. The molecule has 0 atom stereocenters. The highest BCUT2D eigenvalue weighted by atomic mass is 35.5. The summed E-state index contributed by atoms with van der Waals surface area (Å²) in [4.78, 5) is 30.2. The fourth-order valence-corrected chi connectivity index (χ4v) is 2.74. The van der Waals surface area contributed by atoms with E-state index in [9.17, 15) is 9.59 Å². The molecule has 8 heteroatoms. The van der Waals surface area contributed by atoms with Crippen LogP contribution >= 0.6 is 23.4 Å². The van der Waals surface area contributed by atoms with Gasteiger partial charge in [0.1, 0.15) is 5.75 Å². The maximum atomic E-state index is 12.1. The Hall–Kier alpha value is -1.99. The van der Waals surface area contributed by atoms with Crippen molar-refractivity contribution in [2.45, 2.75) is 19.0 Å². The highest BCUT2D eigenvalue weighted by molar-refractivity contribution is 7.99. The summed E-state index contributed by atoms with van der Waals surface area (Å²) in [7, 11) is 1.51. The van der Waals surface area contributed by atoms with E-state index in [2.05, 4.69) is 15.3 Å². The maximum absolute atomic E-state index is 12.1. The van der Waals surface area contributed by atoms with Crippen molar-refractivity contribution >= 4 is 35.0 Å². The van der Waals surface area contributed by atoms with Gasteiger partial charge in [-0.2, -0.15) is 0 Å². The molecular formula is C15H16ClN3O3S. The molecule has 0 aliphatic heterocycles. The van der Waals surface area contributed by atoms with Gasteiger partial charge >= 0.3 is 0 Å². The Kier molecular flexibility index (Phi) is 5.68. The Morgan fingerprint density at radius 3 is 2.78 bits per heavy atom. The van der Waals surface area contributed by atoms with Gasteiger partial charge in [0.15, 0.2) is 5.16 Å². The van der Waals surface area contributed by atoms with Crippen molar-refractivity contribution in [2.75, 3.05) is 18.2 Å². The van der Waals surface area contributed by atoms with Crippen LogP contribution in [0.15, 0.2) is 28.2 Å². The van der Waals surface area contributed by atoms with Crippen molar-refractivity contribution in [3.63, 3.8) is 0 Å². The van der Waals surface area contributed by atoms with Crippen LogP contribution < -0.4 is 15.6 Å². The van der Waals surface area contributed by atoms with Crippen LogP contribution in [0.2, 0.25) is 5.02 Å². The molecule has 1 amide bonds. The van der Waals surface area contributed by atoms with Crippen LogP contribution in [0.1, 0.15) is 11.3 Å². The summed E-state index contributed by atoms with van der Waals surface area (Å²) in [6.07, 6.45) is 0. The number of thioether (sulfide) groups is 1. The SMILES string of the molecule is COc1cc(Cl)c(C)cc1NC(=O)CSc1nc(C)cc(=O)[nH]1. The summed E-state index contributed by atoms with van der Waals surface area (Å²) in [5.41, 5.74) is 1.74. The lowest BCUT2D eigenvalue weighted by Gasteiger charge is -2.12. The second kappa shape index (κ2) is 7.52. The molecule has 0 unspecified atom stereocenters. The van der Waals surface area contributed by atoms with Gasteiger partial charge in [0.25, 0.3) is 5.56 Å². The van der Waals surface area contributed by atoms with Crippen LogP contribution in [0.3, 0.4) is 0 Å². The Labute approximate surface area is 142 Å². The first-order valence-corrected chi connectivity index (χ1v) is 8.10. The number of rotatable bonds is 5. The third kappa shape index (κ3) is 4.74. The van der Waals surface area contributed by atoms with Crippen LogP contribution in [0, 0.1) is 13.8 Å². The van der Waals surface area contributed by atoms with Gasteiger partial charge in [-0.25, -0.2) is 4.98 Å². The van der Waals surface area contributed by atoms with E-state index in [0.717, 1.165) is 17.3 Å². The van der Waals surface area contributed by atoms with Gasteiger partial charge in [-0.3, -0.25) is 9.59 Å². The highest BCUT2D eigenvalue weighted by Crippen LogP contribution is 2.31. The molecule has 0 aliphatic carbocycles.